The number of rotatable bonds is 2. The first kappa shape index (κ1) is 11.8. The fraction of sp³-hybridized carbons (Fsp3) is 0.857. The van der Waals surface area contributed by atoms with Crippen molar-refractivity contribution >= 4 is 0 Å². The van der Waals surface area contributed by atoms with Gasteiger partial charge in [0, 0.05) is 0 Å². The van der Waals surface area contributed by atoms with Gasteiger partial charge in [0.05, 0.1) is 0 Å². The van der Waals surface area contributed by atoms with E-state index in [2.05, 4.69) is 40.7 Å². The van der Waals surface area contributed by atoms with Crippen LogP contribution in [-0.2, 0) is 0 Å². The van der Waals surface area contributed by atoms with E-state index in [1.807, 2.05) is 0 Å². The second-order valence-electron chi connectivity index (χ2n) is 6.33. The van der Waals surface area contributed by atoms with Crippen LogP contribution in [0.3, 0.4) is 0 Å². The minimum absolute atomic E-state index is 0.496. The van der Waals surface area contributed by atoms with Gasteiger partial charge in [-0.15, -0.1) is 0 Å². The molecule has 82 valence electrons. The molecule has 0 fully saturated rings. The highest BCUT2D eigenvalue weighted by molar-refractivity contribution is 5.03. The maximum Gasteiger partial charge on any atom is -0.0317 e. The first-order valence-electron chi connectivity index (χ1n) is 6.04. The first-order valence-corrected chi connectivity index (χ1v) is 6.04. The summed E-state index contributed by atoms with van der Waals surface area (Å²) < 4.78 is 0. The Morgan fingerprint density at radius 3 is 2.50 bits per heavy atom. The fourth-order valence-electron chi connectivity index (χ4n) is 2.63. The smallest absolute Gasteiger partial charge is 0.0317 e. The summed E-state index contributed by atoms with van der Waals surface area (Å²) in [5.74, 6) is 1.83. The molecule has 0 heteroatoms. The van der Waals surface area contributed by atoms with Crippen molar-refractivity contribution < 1.29 is 0 Å². The van der Waals surface area contributed by atoms with E-state index in [1.165, 1.54) is 25.7 Å². The molecule has 1 aliphatic carbocycles. The van der Waals surface area contributed by atoms with Crippen molar-refractivity contribution in [2.45, 2.75) is 60.3 Å². The summed E-state index contributed by atoms with van der Waals surface area (Å²) >= 11 is 0. The Kier molecular flexibility index (Phi) is 3.80. The van der Waals surface area contributed by atoms with Crippen molar-refractivity contribution in [2.75, 3.05) is 0 Å². The van der Waals surface area contributed by atoms with E-state index < -0.39 is 0 Å². The van der Waals surface area contributed by atoms with Crippen LogP contribution in [0.25, 0.3) is 0 Å². The zero-order valence-electron chi connectivity index (χ0n) is 10.6. The lowest BCUT2D eigenvalue weighted by Gasteiger charge is -2.31. The molecule has 0 N–H and O–H groups in total. The average molecular weight is 194 g/mol. The third-order valence-corrected chi connectivity index (χ3v) is 3.42. The normalized spacial score (nSPS) is 25.8. The quantitative estimate of drug-likeness (QED) is 0.554. The summed E-state index contributed by atoms with van der Waals surface area (Å²) in [5.41, 5.74) is 2.10. The minimum atomic E-state index is 0.496. The Hall–Kier alpha value is -0.260. The van der Waals surface area contributed by atoms with Crippen LogP contribution >= 0.6 is 0 Å². The van der Waals surface area contributed by atoms with E-state index in [0.29, 0.717) is 5.41 Å². The molecular weight excluding hydrogens is 168 g/mol. The number of hydrogen-bond acceptors (Lipinski definition) is 0. The lowest BCUT2D eigenvalue weighted by Crippen LogP contribution is -2.20. The molecule has 0 aliphatic heterocycles. The third kappa shape index (κ3) is 3.86. The monoisotopic (exact) mass is 194 g/mol. The summed E-state index contributed by atoms with van der Waals surface area (Å²) in [4.78, 5) is 0. The second-order valence-corrected chi connectivity index (χ2v) is 6.33. The van der Waals surface area contributed by atoms with Crippen LogP contribution in [0.1, 0.15) is 60.3 Å². The summed E-state index contributed by atoms with van der Waals surface area (Å²) in [6.07, 6.45) is 7.89. The first-order chi connectivity index (χ1) is 6.38. The van der Waals surface area contributed by atoms with Crippen LogP contribution in [0.4, 0.5) is 0 Å². The van der Waals surface area contributed by atoms with Crippen molar-refractivity contribution in [3.63, 3.8) is 0 Å². The number of hydrogen-bond donors (Lipinski definition) is 0. The van der Waals surface area contributed by atoms with Gasteiger partial charge >= 0.3 is 0 Å². The predicted octanol–water partition coefficient (Wildman–Crippen LogP) is 4.81. The van der Waals surface area contributed by atoms with Gasteiger partial charge < -0.3 is 0 Å². The molecule has 0 nitrogen and oxygen atoms in total. The standard InChI is InChI=1S/C14H26/c1-11-6-8-13(9-7-11)12(2)10-14(3,4)5/h6,12-13H,7-10H2,1-5H3. The molecule has 0 amide bonds. The molecule has 14 heavy (non-hydrogen) atoms. The Morgan fingerprint density at radius 2 is 2.07 bits per heavy atom. The van der Waals surface area contributed by atoms with E-state index in [0.717, 1.165) is 11.8 Å². The largest absolute Gasteiger partial charge is 0.0853 e. The number of allylic oxidation sites excluding steroid dienone is 2. The van der Waals surface area contributed by atoms with Crippen LogP contribution < -0.4 is 0 Å². The van der Waals surface area contributed by atoms with Crippen LogP contribution in [-0.4, -0.2) is 0 Å². The van der Waals surface area contributed by atoms with Crippen molar-refractivity contribution in [1.82, 2.24) is 0 Å². The summed E-state index contributed by atoms with van der Waals surface area (Å²) in [5, 5.41) is 0. The molecule has 0 saturated carbocycles. The van der Waals surface area contributed by atoms with Gasteiger partial charge in [0.25, 0.3) is 0 Å². The van der Waals surface area contributed by atoms with Crippen molar-refractivity contribution in [1.29, 1.82) is 0 Å². The maximum atomic E-state index is 2.45. The predicted molar refractivity (Wildman–Crippen MR) is 64.3 cm³/mol. The topological polar surface area (TPSA) is 0 Å². The minimum Gasteiger partial charge on any atom is -0.0853 e. The molecule has 0 aromatic heterocycles. The highest BCUT2D eigenvalue weighted by atomic mass is 14.3. The molecular formula is C14H26. The molecule has 0 aromatic carbocycles. The van der Waals surface area contributed by atoms with Crippen LogP contribution in [0.5, 0.6) is 0 Å². The Morgan fingerprint density at radius 1 is 1.43 bits per heavy atom. The summed E-state index contributed by atoms with van der Waals surface area (Å²) in [7, 11) is 0. The van der Waals surface area contributed by atoms with Gasteiger partial charge in [-0.1, -0.05) is 39.3 Å². The maximum absolute atomic E-state index is 2.45. The molecule has 1 aliphatic rings. The van der Waals surface area contributed by atoms with Gasteiger partial charge in [-0.2, -0.15) is 0 Å². The molecule has 0 heterocycles. The van der Waals surface area contributed by atoms with Gasteiger partial charge in [0.1, 0.15) is 0 Å². The van der Waals surface area contributed by atoms with E-state index in [-0.39, 0.29) is 0 Å². The van der Waals surface area contributed by atoms with Crippen LogP contribution in [0.2, 0.25) is 0 Å². The van der Waals surface area contributed by atoms with Crippen LogP contribution in [0.15, 0.2) is 11.6 Å². The van der Waals surface area contributed by atoms with E-state index in [9.17, 15) is 0 Å². The van der Waals surface area contributed by atoms with E-state index in [1.54, 1.807) is 5.57 Å². The summed E-state index contributed by atoms with van der Waals surface area (Å²) in [6.45, 7) is 11.8. The van der Waals surface area contributed by atoms with E-state index >= 15 is 0 Å². The van der Waals surface area contributed by atoms with Gasteiger partial charge in [-0.3, -0.25) is 0 Å². The van der Waals surface area contributed by atoms with Crippen molar-refractivity contribution in [3.05, 3.63) is 11.6 Å². The molecule has 2 unspecified atom stereocenters. The molecule has 0 spiro atoms. The lowest BCUT2D eigenvalue weighted by atomic mass is 9.75. The molecule has 0 bridgehead atoms. The fourth-order valence-corrected chi connectivity index (χ4v) is 2.63. The molecule has 0 aromatic rings. The zero-order valence-corrected chi connectivity index (χ0v) is 10.6. The lowest BCUT2D eigenvalue weighted by molar-refractivity contribution is 0.225. The zero-order chi connectivity index (χ0) is 10.8. The third-order valence-electron chi connectivity index (χ3n) is 3.42. The molecule has 0 saturated heterocycles. The average Bonchev–Trinajstić information content (AvgIpc) is 2.02. The van der Waals surface area contributed by atoms with Gasteiger partial charge in [-0.25, -0.2) is 0 Å². The Labute approximate surface area is 89.8 Å². The molecule has 0 radical (unpaired) electrons. The Balaban J connectivity index is 2.43. The highest BCUT2D eigenvalue weighted by Gasteiger charge is 2.23. The van der Waals surface area contributed by atoms with E-state index in [4.69, 9.17) is 0 Å². The molecule has 1 rings (SSSR count). The Bertz CT molecular complexity index is 205. The van der Waals surface area contributed by atoms with Crippen molar-refractivity contribution in [3.8, 4) is 0 Å². The summed E-state index contributed by atoms with van der Waals surface area (Å²) in [6, 6.07) is 0. The van der Waals surface area contributed by atoms with Gasteiger partial charge in [-0.05, 0) is 49.9 Å². The second kappa shape index (κ2) is 4.51. The van der Waals surface area contributed by atoms with Crippen molar-refractivity contribution in [2.24, 2.45) is 17.3 Å². The van der Waals surface area contributed by atoms with Crippen LogP contribution in [0, 0.1) is 17.3 Å². The molecule has 2 atom stereocenters. The van der Waals surface area contributed by atoms with Gasteiger partial charge in [0.2, 0.25) is 0 Å². The highest BCUT2D eigenvalue weighted by Crippen LogP contribution is 2.35. The van der Waals surface area contributed by atoms with Gasteiger partial charge in [0.15, 0.2) is 0 Å². The SMILES string of the molecule is CC1=CCC(C(C)CC(C)(C)C)CC1.